The Morgan fingerprint density at radius 2 is 1.96 bits per heavy atom. The number of anilines is 1. The quantitative estimate of drug-likeness (QED) is 0.928. The molecule has 1 fully saturated rings. The van der Waals surface area contributed by atoms with Crippen molar-refractivity contribution in [1.82, 2.24) is 5.32 Å². The highest BCUT2D eigenvalue weighted by Gasteiger charge is 2.37. The molecule has 0 aliphatic carbocycles. The van der Waals surface area contributed by atoms with Crippen molar-refractivity contribution >= 4 is 17.5 Å². The molecule has 0 bridgehead atoms. The van der Waals surface area contributed by atoms with Gasteiger partial charge >= 0.3 is 0 Å². The van der Waals surface area contributed by atoms with Gasteiger partial charge in [0.15, 0.2) is 0 Å². The third kappa shape index (κ3) is 4.47. The Morgan fingerprint density at radius 1 is 1.30 bits per heavy atom. The first kappa shape index (κ1) is 17.3. The summed E-state index contributed by atoms with van der Waals surface area (Å²) in [5.41, 5.74) is 0.434. The summed E-state index contributed by atoms with van der Waals surface area (Å²) in [6.45, 7) is 10.1. The van der Waals surface area contributed by atoms with Crippen LogP contribution in [0.2, 0.25) is 0 Å². The summed E-state index contributed by atoms with van der Waals surface area (Å²) in [7, 11) is 0. The molecule has 0 radical (unpaired) electrons. The maximum Gasteiger partial charge on any atom is 0.227 e. The van der Waals surface area contributed by atoms with Crippen LogP contribution in [0.15, 0.2) is 24.3 Å². The van der Waals surface area contributed by atoms with Crippen LogP contribution in [0.4, 0.5) is 5.69 Å². The predicted octanol–water partition coefficient (Wildman–Crippen LogP) is 2.74. The van der Waals surface area contributed by atoms with Gasteiger partial charge in [0.05, 0.1) is 17.7 Å². The van der Waals surface area contributed by atoms with Crippen molar-refractivity contribution in [2.45, 2.75) is 52.7 Å². The lowest BCUT2D eigenvalue weighted by Gasteiger charge is -2.24. The molecule has 1 saturated heterocycles. The van der Waals surface area contributed by atoms with E-state index < -0.39 is 0 Å². The van der Waals surface area contributed by atoms with E-state index in [1.807, 2.05) is 58.9 Å². The third-order valence-corrected chi connectivity index (χ3v) is 3.51. The molecule has 1 heterocycles. The van der Waals surface area contributed by atoms with Crippen LogP contribution in [-0.4, -0.2) is 30.0 Å². The van der Waals surface area contributed by atoms with E-state index in [1.54, 1.807) is 4.90 Å². The van der Waals surface area contributed by atoms with E-state index in [1.165, 1.54) is 0 Å². The summed E-state index contributed by atoms with van der Waals surface area (Å²) in [5.74, 6) is 0.232. The molecule has 1 aromatic carbocycles. The lowest BCUT2D eigenvalue weighted by Crippen LogP contribution is -2.44. The van der Waals surface area contributed by atoms with E-state index >= 15 is 0 Å². The summed E-state index contributed by atoms with van der Waals surface area (Å²) >= 11 is 0. The minimum atomic E-state index is -0.325. The number of amides is 2. The highest BCUT2D eigenvalue weighted by atomic mass is 16.5. The first-order valence-corrected chi connectivity index (χ1v) is 8.05. The van der Waals surface area contributed by atoms with Gasteiger partial charge in [-0.05, 0) is 46.8 Å². The summed E-state index contributed by atoms with van der Waals surface area (Å²) in [6, 6.07) is 7.47. The van der Waals surface area contributed by atoms with Gasteiger partial charge in [-0.1, -0.05) is 12.1 Å². The SMILES string of the molecule is CC(C)Oc1ccccc1N1CC(C(=O)NC(C)(C)C)CC1=O. The zero-order valence-corrected chi connectivity index (χ0v) is 14.6. The number of nitrogens with zero attached hydrogens (tertiary/aromatic N) is 1. The van der Waals surface area contributed by atoms with Gasteiger partial charge in [0.1, 0.15) is 5.75 Å². The lowest BCUT2D eigenvalue weighted by molar-refractivity contribution is -0.127. The molecule has 1 N–H and O–H groups in total. The normalized spacial score (nSPS) is 18.4. The Hall–Kier alpha value is -2.04. The third-order valence-electron chi connectivity index (χ3n) is 3.51. The predicted molar refractivity (Wildman–Crippen MR) is 90.6 cm³/mol. The largest absolute Gasteiger partial charge is 0.489 e. The monoisotopic (exact) mass is 318 g/mol. The number of hydrogen-bond acceptors (Lipinski definition) is 3. The van der Waals surface area contributed by atoms with Crippen LogP contribution in [0.25, 0.3) is 0 Å². The Kier molecular flexibility index (Phi) is 4.97. The molecule has 1 aliphatic rings. The van der Waals surface area contributed by atoms with Gasteiger partial charge in [-0.2, -0.15) is 0 Å². The van der Waals surface area contributed by atoms with Crippen molar-refractivity contribution in [3.8, 4) is 5.75 Å². The molecule has 0 aromatic heterocycles. The number of rotatable bonds is 4. The molecule has 1 aromatic rings. The van der Waals surface area contributed by atoms with E-state index in [9.17, 15) is 9.59 Å². The van der Waals surface area contributed by atoms with Gasteiger partial charge < -0.3 is 15.0 Å². The Bertz CT molecular complexity index is 590. The second-order valence-electron chi connectivity index (χ2n) is 7.28. The van der Waals surface area contributed by atoms with E-state index in [0.29, 0.717) is 12.3 Å². The van der Waals surface area contributed by atoms with Crippen LogP contribution in [0.5, 0.6) is 5.75 Å². The molecule has 1 unspecified atom stereocenters. The molecule has 0 saturated carbocycles. The second kappa shape index (κ2) is 6.60. The van der Waals surface area contributed by atoms with Crippen LogP contribution in [0.3, 0.4) is 0 Å². The average Bonchev–Trinajstić information content (AvgIpc) is 2.79. The summed E-state index contributed by atoms with van der Waals surface area (Å²) in [5, 5.41) is 2.95. The van der Waals surface area contributed by atoms with Crippen LogP contribution in [0.1, 0.15) is 41.0 Å². The van der Waals surface area contributed by atoms with Gasteiger partial charge in [-0.25, -0.2) is 0 Å². The van der Waals surface area contributed by atoms with E-state index in [-0.39, 0.29) is 35.8 Å². The molecular weight excluding hydrogens is 292 g/mol. The van der Waals surface area contributed by atoms with E-state index in [2.05, 4.69) is 5.32 Å². The van der Waals surface area contributed by atoms with Crippen molar-refractivity contribution in [3.63, 3.8) is 0 Å². The van der Waals surface area contributed by atoms with Crippen molar-refractivity contribution in [3.05, 3.63) is 24.3 Å². The topological polar surface area (TPSA) is 58.6 Å². The van der Waals surface area contributed by atoms with Crippen molar-refractivity contribution in [2.24, 2.45) is 5.92 Å². The Balaban J connectivity index is 2.16. The summed E-state index contributed by atoms with van der Waals surface area (Å²) in [6.07, 6.45) is 0.256. The Morgan fingerprint density at radius 3 is 2.57 bits per heavy atom. The average molecular weight is 318 g/mol. The van der Waals surface area contributed by atoms with Gasteiger partial charge in [0.2, 0.25) is 11.8 Å². The highest BCUT2D eigenvalue weighted by molar-refractivity contribution is 6.01. The summed E-state index contributed by atoms with van der Waals surface area (Å²) in [4.78, 5) is 26.4. The first-order chi connectivity index (χ1) is 10.7. The zero-order valence-electron chi connectivity index (χ0n) is 14.6. The summed E-state index contributed by atoms with van der Waals surface area (Å²) < 4.78 is 5.79. The molecular formula is C18H26N2O3. The standard InChI is InChI=1S/C18H26N2O3/c1-12(2)23-15-9-7-6-8-14(15)20-11-13(10-16(20)21)17(22)19-18(3,4)5/h6-9,12-13H,10-11H2,1-5H3,(H,19,22). The molecule has 2 amide bonds. The van der Waals surface area contributed by atoms with Crippen molar-refractivity contribution in [1.29, 1.82) is 0 Å². The minimum absolute atomic E-state index is 0.0221. The molecule has 1 atom stereocenters. The van der Waals surface area contributed by atoms with E-state index in [4.69, 9.17) is 4.74 Å². The molecule has 5 nitrogen and oxygen atoms in total. The molecule has 1 aliphatic heterocycles. The van der Waals surface area contributed by atoms with E-state index in [0.717, 1.165) is 5.69 Å². The second-order valence-corrected chi connectivity index (χ2v) is 7.28. The number of nitrogens with one attached hydrogen (secondary N) is 1. The molecule has 23 heavy (non-hydrogen) atoms. The fourth-order valence-electron chi connectivity index (χ4n) is 2.62. The number of para-hydroxylation sites is 2. The number of ether oxygens (including phenoxy) is 1. The smallest absolute Gasteiger partial charge is 0.227 e. The lowest BCUT2D eigenvalue weighted by atomic mass is 10.0. The fourth-order valence-corrected chi connectivity index (χ4v) is 2.62. The number of hydrogen-bond donors (Lipinski definition) is 1. The molecule has 126 valence electrons. The van der Waals surface area contributed by atoms with Crippen molar-refractivity contribution in [2.75, 3.05) is 11.4 Å². The van der Waals surface area contributed by atoms with Crippen LogP contribution >= 0.6 is 0 Å². The Labute approximate surface area is 138 Å². The number of benzene rings is 1. The number of carbonyl (C=O) groups is 2. The number of carbonyl (C=O) groups excluding carboxylic acids is 2. The fraction of sp³-hybridized carbons (Fsp3) is 0.556. The highest BCUT2D eigenvalue weighted by Crippen LogP contribution is 2.33. The zero-order chi connectivity index (χ0) is 17.2. The maximum absolute atomic E-state index is 12.4. The van der Waals surface area contributed by atoms with Gasteiger partial charge in [0.25, 0.3) is 0 Å². The molecule has 5 heteroatoms. The molecule has 0 spiro atoms. The minimum Gasteiger partial charge on any atom is -0.489 e. The van der Waals surface area contributed by atoms with Gasteiger partial charge in [-0.3, -0.25) is 9.59 Å². The maximum atomic E-state index is 12.4. The first-order valence-electron chi connectivity index (χ1n) is 8.05. The van der Waals surface area contributed by atoms with Crippen LogP contribution in [0, 0.1) is 5.92 Å². The van der Waals surface area contributed by atoms with Gasteiger partial charge in [-0.15, -0.1) is 0 Å². The molecule has 2 rings (SSSR count). The van der Waals surface area contributed by atoms with Gasteiger partial charge in [0, 0.05) is 18.5 Å². The van der Waals surface area contributed by atoms with Crippen molar-refractivity contribution < 1.29 is 14.3 Å². The van der Waals surface area contributed by atoms with Crippen LogP contribution in [-0.2, 0) is 9.59 Å². The van der Waals surface area contributed by atoms with Crippen LogP contribution < -0.4 is 15.0 Å².